The zero-order valence-corrected chi connectivity index (χ0v) is 15.8. The van der Waals surface area contributed by atoms with Gasteiger partial charge in [0.05, 0.1) is 7.11 Å². The van der Waals surface area contributed by atoms with E-state index in [1.807, 2.05) is 0 Å². The molecule has 118 valence electrons. The molecule has 0 bridgehead atoms. The average Bonchev–Trinajstić information content (AvgIpc) is 2.35. The van der Waals surface area contributed by atoms with Gasteiger partial charge in [-0.05, 0) is 52.3 Å². The monoisotopic (exact) mass is 378 g/mol. The largest absolute Gasteiger partial charge is 0.541 e. The van der Waals surface area contributed by atoms with Crippen LogP contribution in [0.15, 0.2) is 22.9 Å². The molecule has 0 aliphatic carbocycles. The first-order chi connectivity index (χ1) is 9.49. The number of rotatable bonds is 4. The van der Waals surface area contributed by atoms with Gasteiger partial charge in [-0.15, -0.1) is 0 Å². The van der Waals surface area contributed by atoms with Crippen molar-refractivity contribution in [1.82, 2.24) is 0 Å². The van der Waals surface area contributed by atoms with E-state index in [1.165, 1.54) is 19.2 Å². The number of hydrogen-bond donors (Lipinski definition) is 0. The molecular formula is C15H21BrF2O2Si. The lowest BCUT2D eigenvalue weighted by molar-refractivity contribution is 0.385. The Hall–Kier alpha value is -0.883. The standard InChI is InChI=1S/C15H21BrF2O2Si/c1-15(2,3)21(5,6)20-12-9-10(13(17)14(16)18)7-8-11(12)19-4/h7-9H,1-6H3/b14-13-. The maximum Gasteiger partial charge on any atom is 0.250 e. The molecule has 0 fully saturated rings. The maximum atomic E-state index is 13.7. The van der Waals surface area contributed by atoms with Crippen LogP contribution in [0.5, 0.6) is 11.5 Å². The molecule has 0 radical (unpaired) electrons. The van der Waals surface area contributed by atoms with E-state index in [0.29, 0.717) is 11.5 Å². The van der Waals surface area contributed by atoms with Gasteiger partial charge in [0.25, 0.3) is 8.32 Å². The minimum absolute atomic E-state index is 0.0108. The predicted octanol–water partition coefficient (Wildman–Crippen LogP) is 6.04. The second-order valence-electron chi connectivity index (χ2n) is 6.30. The van der Waals surface area contributed by atoms with Crippen LogP contribution in [0.1, 0.15) is 26.3 Å². The fraction of sp³-hybridized carbons (Fsp3) is 0.467. The molecule has 0 unspecified atom stereocenters. The molecule has 0 aromatic heterocycles. The molecule has 1 aromatic rings. The summed E-state index contributed by atoms with van der Waals surface area (Å²) in [6, 6.07) is 4.50. The van der Waals surface area contributed by atoms with Crippen LogP contribution in [0.3, 0.4) is 0 Å². The topological polar surface area (TPSA) is 18.5 Å². The van der Waals surface area contributed by atoms with Crippen molar-refractivity contribution < 1.29 is 17.9 Å². The highest BCUT2D eigenvalue weighted by Gasteiger charge is 2.39. The van der Waals surface area contributed by atoms with Crippen LogP contribution in [0, 0.1) is 0 Å². The number of ether oxygens (including phenoxy) is 1. The Bertz CT molecular complexity index is 547. The van der Waals surface area contributed by atoms with Gasteiger partial charge in [0.1, 0.15) is 5.75 Å². The third-order valence-electron chi connectivity index (χ3n) is 3.75. The highest BCUT2D eigenvalue weighted by atomic mass is 79.9. The van der Waals surface area contributed by atoms with Crippen LogP contribution in [-0.2, 0) is 0 Å². The van der Waals surface area contributed by atoms with Crippen LogP contribution in [0.25, 0.3) is 5.83 Å². The number of methoxy groups -OCH3 is 1. The lowest BCUT2D eigenvalue weighted by Crippen LogP contribution is -2.43. The molecule has 6 heteroatoms. The Morgan fingerprint density at radius 3 is 2.14 bits per heavy atom. The Kier molecular flexibility index (Phi) is 5.61. The Morgan fingerprint density at radius 1 is 1.14 bits per heavy atom. The van der Waals surface area contributed by atoms with E-state index in [2.05, 4.69) is 49.8 Å². The molecule has 0 spiro atoms. The first-order valence-electron chi connectivity index (χ1n) is 6.58. The fourth-order valence-electron chi connectivity index (χ4n) is 1.43. The van der Waals surface area contributed by atoms with Gasteiger partial charge in [-0.25, -0.2) is 4.39 Å². The Morgan fingerprint density at radius 2 is 1.71 bits per heavy atom. The molecule has 2 nitrogen and oxygen atoms in total. The SMILES string of the molecule is COc1ccc(/C(F)=C(/F)Br)cc1O[Si](C)(C)C(C)(C)C. The lowest BCUT2D eigenvalue weighted by Gasteiger charge is -2.36. The molecular weight excluding hydrogens is 358 g/mol. The van der Waals surface area contributed by atoms with Crippen molar-refractivity contribution in [2.24, 2.45) is 0 Å². The van der Waals surface area contributed by atoms with Crippen molar-refractivity contribution in [1.29, 1.82) is 0 Å². The Labute approximate surface area is 134 Å². The molecule has 0 aliphatic rings. The van der Waals surface area contributed by atoms with E-state index in [9.17, 15) is 8.78 Å². The zero-order chi connectivity index (χ0) is 16.4. The molecule has 0 amide bonds. The highest BCUT2D eigenvalue weighted by Crippen LogP contribution is 2.41. The van der Waals surface area contributed by atoms with Gasteiger partial charge in [-0.1, -0.05) is 20.8 Å². The summed E-state index contributed by atoms with van der Waals surface area (Å²) in [5.74, 6) is -0.0189. The smallest absolute Gasteiger partial charge is 0.250 e. The molecule has 0 heterocycles. The minimum Gasteiger partial charge on any atom is -0.541 e. The maximum absolute atomic E-state index is 13.7. The van der Waals surface area contributed by atoms with Crippen LogP contribution in [-0.4, -0.2) is 15.4 Å². The van der Waals surface area contributed by atoms with E-state index in [0.717, 1.165) is 0 Å². The zero-order valence-electron chi connectivity index (χ0n) is 13.2. The van der Waals surface area contributed by atoms with Crippen molar-refractivity contribution >= 4 is 30.1 Å². The van der Waals surface area contributed by atoms with Crippen molar-refractivity contribution in [2.45, 2.75) is 38.9 Å². The second kappa shape index (κ2) is 6.48. The van der Waals surface area contributed by atoms with E-state index >= 15 is 0 Å². The van der Waals surface area contributed by atoms with Crippen LogP contribution < -0.4 is 9.16 Å². The molecule has 1 aromatic carbocycles. The molecule has 21 heavy (non-hydrogen) atoms. The average molecular weight is 379 g/mol. The third-order valence-corrected chi connectivity index (χ3v) is 8.44. The van der Waals surface area contributed by atoms with E-state index in [4.69, 9.17) is 9.16 Å². The van der Waals surface area contributed by atoms with Crippen molar-refractivity contribution in [3.63, 3.8) is 0 Å². The summed E-state index contributed by atoms with van der Waals surface area (Å²) in [6.45, 7) is 10.5. The van der Waals surface area contributed by atoms with Gasteiger partial charge in [-0.2, -0.15) is 4.39 Å². The van der Waals surface area contributed by atoms with Crippen molar-refractivity contribution in [2.75, 3.05) is 7.11 Å². The van der Waals surface area contributed by atoms with Gasteiger partial charge < -0.3 is 9.16 Å². The van der Waals surface area contributed by atoms with Gasteiger partial charge in [0.2, 0.25) is 4.74 Å². The number of halogens is 3. The molecule has 0 saturated carbocycles. The van der Waals surface area contributed by atoms with E-state index in [-0.39, 0.29) is 10.6 Å². The van der Waals surface area contributed by atoms with Gasteiger partial charge >= 0.3 is 0 Å². The van der Waals surface area contributed by atoms with Crippen LogP contribution >= 0.6 is 15.9 Å². The molecule has 0 atom stereocenters. The second-order valence-corrected chi connectivity index (χ2v) is 11.7. The quantitative estimate of drug-likeness (QED) is 0.594. The van der Waals surface area contributed by atoms with Gasteiger partial charge in [-0.3, -0.25) is 0 Å². The number of hydrogen-bond acceptors (Lipinski definition) is 2. The first kappa shape index (κ1) is 18.2. The summed E-state index contributed by atoms with van der Waals surface area (Å²) in [5, 5.41) is -0.0108. The summed E-state index contributed by atoms with van der Waals surface area (Å²) < 4.78 is 37.1. The minimum atomic E-state index is -2.10. The Balaban J connectivity index is 3.28. The van der Waals surface area contributed by atoms with Crippen LogP contribution in [0.2, 0.25) is 18.1 Å². The molecule has 0 saturated heterocycles. The normalized spacial score (nSPS) is 13.8. The summed E-state index contributed by atoms with van der Waals surface area (Å²) >= 11 is 2.50. The molecule has 1 rings (SSSR count). The summed E-state index contributed by atoms with van der Waals surface area (Å²) in [4.78, 5) is 0. The number of benzene rings is 1. The van der Waals surface area contributed by atoms with E-state index in [1.54, 1.807) is 6.07 Å². The first-order valence-corrected chi connectivity index (χ1v) is 10.3. The summed E-state index contributed by atoms with van der Waals surface area (Å²) in [5.41, 5.74) is 0.110. The van der Waals surface area contributed by atoms with Gasteiger partial charge in [0, 0.05) is 5.56 Å². The summed E-state index contributed by atoms with van der Waals surface area (Å²) in [7, 11) is -0.584. The molecule has 0 N–H and O–H groups in total. The van der Waals surface area contributed by atoms with Crippen molar-refractivity contribution in [3.05, 3.63) is 28.5 Å². The third kappa shape index (κ3) is 4.29. The van der Waals surface area contributed by atoms with E-state index < -0.39 is 18.9 Å². The predicted molar refractivity (Wildman–Crippen MR) is 88.9 cm³/mol. The highest BCUT2D eigenvalue weighted by molar-refractivity contribution is 9.11. The fourth-order valence-corrected chi connectivity index (χ4v) is 2.67. The molecule has 0 aliphatic heterocycles. The van der Waals surface area contributed by atoms with Gasteiger partial charge in [0.15, 0.2) is 11.6 Å². The van der Waals surface area contributed by atoms with Crippen LogP contribution in [0.4, 0.5) is 8.78 Å². The summed E-state index contributed by atoms with van der Waals surface area (Å²) in [6.07, 6.45) is 0. The lowest BCUT2D eigenvalue weighted by atomic mass is 10.2. The van der Waals surface area contributed by atoms with Crippen molar-refractivity contribution in [3.8, 4) is 11.5 Å².